The number of aromatic nitrogens is 2. The molecule has 0 spiro atoms. The summed E-state index contributed by atoms with van der Waals surface area (Å²) in [6.07, 6.45) is 0. The van der Waals surface area contributed by atoms with Crippen LogP contribution in [-0.2, 0) is 0 Å². The maximum absolute atomic E-state index is 5.98. The lowest BCUT2D eigenvalue weighted by Crippen LogP contribution is -1.97. The molecule has 5 N–H and O–H groups in total. The highest BCUT2D eigenvalue weighted by Gasteiger charge is 2.09. The van der Waals surface area contributed by atoms with Gasteiger partial charge in [-0.3, -0.25) is 0 Å². The van der Waals surface area contributed by atoms with Crippen molar-refractivity contribution in [2.45, 2.75) is 20.8 Å². The first-order valence-corrected chi connectivity index (χ1v) is 6.58. The number of nitrogens with zero attached hydrogens (tertiary/aromatic N) is 1. The van der Waals surface area contributed by atoms with Crippen molar-refractivity contribution in [2.24, 2.45) is 0 Å². The fourth-order valence-corrected chi connectivity index (χ4v) is 2.30. The zero-order chi connectivity index (χ0) is 14.4. The van der Waals surface area contributed by atoms with E-state index in [-0.39, 0.29) is 0 Å². The van der Waals surface area contributed by atoms with Crippen LogP contribution in [-0.4, -0.2) is 9.97 Å². The number of benzene rings is 2. The van der Waals surface area contributed by atoms with Crippen LogP contribution in [0, 0.1) is 20.8 Å². The van der Waals surface area contributed by atoms with E-state index in [1.165, 1.54) is 11.1 Å². The minimum atomic E-state index is 0.688. The van der Waals surface area contributed by atoms with Gasteiger partial charge in [-0.2, -0.15) is 0 Å². The Morgan fingerprint density at radius 3 is 2.15 bits per heavy atom. The molecule has 0 aliphatic carbocycles. The summed E-state index contributed by atoms with van der Waals surface area (Å²) in [7, 11) is 0. The van der Waals surface area contributed by atoms with Crippen molar-refractivity contribution in [3.8, 4) is 11.4 Å². The van der Waals surface area contributed by atoms with Gasteiger partial charge in [0.15, 0.2) is 0 Å². The standard InChI is InChI=1S/C16H18N4/c1-8-4-14-15(5-9(8)2)20-16(19-14)11-6-12(17)10(3)13(18)7-11/h4-7H,17-18H2,1-3H3,(H,19,20). The van der Waals surface area contributed by atoms with Gasteiger partial charge >= 0.3 is 0 Å². The molecule has 0 aliphatic heterocycles. The average Bonchev–Trinajstić information content (AvgIpc) is 2.79. The summed E-state index contributed by atoms with van der Waals surface area (Å²) in [6, 6.07) is 8.01. The van der Waals surface area contributed by atoms with Crippen LogP contribution in [0.1, 0.15) is 16.7 Å². The molecule has 0 bridgehead atoms. The Morgan fingerprint density at radius 1 is 0.900 bits per heavy atom. The van der Waals surface area contributed by atoms with E-state index in [2.05, 4.69) is 35.9 Å². The minimum absolute atomic E-state index is 0.688. The Morgan fingerprint density at radius 2 is 1.50 bits per heavy atom. The lowest BCUT2D eigenvalue weighted by Gasteiger charge is -2.06. The number of imidazole rings is 1. The lowest BCUT2D eigenvalue weighted by atomic mass is 10.1. The largest absolute Gasteiger partial charge is 0.398 e. The molecule has 0 radical (unpaired) electrons. The summed E-state index contributed by atoms with van der Waals surface area (Å²) in [4.78, 5) is 7.96. The number of nitrogens with one attached hydrogen (secondary N) is 1. The van der Waals surface area contributed by atoms with Crippen molar-refractivity contribution < 1.29 is 0 Å². The van der Waals surface area contributed by atoms with E-state index in [1.807, 2.05) is 19.1 Å². The summed E-state index contributed by atoms with van der Waals surface area (Å²) in [5, 5.41) is 0. The Balaban J connectivity index is 2.20. The van der Waals surface area contributed by atoms with Crippen molar-refractivity contribution in [3.63, 3.8) is 0 Å². The number of rotatable bonds is 1. The normalized spacial score (nSPS) is 11.2. The molecule has 2 aromatic carbocycles. The third-order valence-electron chi connectivity index (χ3n) is 3.86. The molecule has 0 amide bonds. The first kappa shape index (κ1) is 12.5. The summed E-state index contributed by atoms with van der Waals surface area (Å²) >= 11 is 0. The number of fused-ring (bicyclic) bond motifs is 1. The number of aromatic amines is 1. The monoisotopic (exact) mass is 266 g/mol. The quantitative estimate of drug-likeness (QED) is 0.591. The Hall–Kier alpha value is -2.49. The smallest absolute Gasteiger partial charge is 0.138 e. The summed E-state index contributed by atoms with van der Waals surface area (Å²) in [6.45, 7) is 6.10. The molecule has 4 heteroatoms. The fraction of sp³-hybridized carbons (Fsp3) is 0.188. The second-order valence-electron chi connectivity index (χ2n) is 5.32. The van der Waals surface area contributed by atoms with Crippen LogP contribution in [0.2, 0.25) is 0 Å². The third-order valence-corrected chi connectivity index (χ3v) is 3.86. The van der Waals surface area contributed by atoms with Gasteiger partial charge in [-0.15, -0.1) is 0 Å². The highest BCUT2D eigenvalue weighted by atomic mass is 14.9. The predicted octanol–water partition coefficient (Wildman–Crippen LogP) is 3.32. The van der Waals surface area contributed by atoms with E-state index in [1.54, 1.807) is 0 Å². The molecular weight excluding hydrogens is 248 g/mol. The van der Waals surface area contributed by atoms with Crippen LogP contribution in [0.5, 0.6) is 0 Å². The van der Waals surface area contributed by atoms with E-state index >= 15 is 0 Å². The highest BCUT2D eigenvalue weighted by Crippen LogP contribution is 2.28. The van der Waals surface area contributed by atoms with Crippen LogP contribution in [0.4, 0.5) is 11.4 Å². The molecular formula is C16H18N4. The van der Waals surface area contributed by atoms with Gasteiger partial charge in [0.05, 0.1) is 11.0 Å². The molecule has 0 aliphatic rings. The molecule has 102 valence electrons. The Labute approximate surface area is 117 Å². The van der Waals surface area contributed by atoms with E-state index in [0.29, 0.717) is 11.4 Å². The van der Waals surface area contributed by atoms with Crippen molar-refractivity contribution in [1.82, 2.24) is 9.97 Å². The first-order valence-electron chi connectivity index (χ1n) is 6.58. The van der Waals surface area contributed by atoms with Gasteiger partial charge in [-0.25, -0.2) is 4.98 Å². The van der Waals surface area contributed by atoms with Crippen LogP contribution in [0.15, 0.2) is 24.3 Å². The van der Waals surface area contributed by atoms with E-state index in [9.17, 15) is 0 Å². The van der Waals surface area contributed by atoms with Gasteiger partial charge in [-0.05, 0) is 61.7 Å². The maximum atomic E-state index is 5.98. The van der Waals surface area contributed by atoms with Crippen molar-refractivity contribution in [1.29, 1.82) is 0 Å². The molecule has 4 nitrogen and oxygen atoms in total. The van der Waals surface area contributed by atoms with Gasteiger partial charge in [0, 0.05) is 16.9 Å². The van der Waals surface area contributed by atoms with Crippen molar-refractivity contribution in [3.05, 3.63) is 41.0 Å². The zero-order valence-corrected chi connectivity index (χ0v) is 11.9. The van der Waals surface area contributed by atoms with E-state index in [4.69, 9.17) is 11.5 Å². The topological polar surface area (TPSA) is 80.7 Å². The molecule has 3 aromatic rings. The highest BCUT2D eigenvalue weighted by molar-refractivity contribution is 5.82. The van der Waals surface area contributed by atoms with Crippen LogP contribution >= 0.6 is 0 Å². The van der Waals surface area contributed by atoms with Gasteiger partial charge in [0.1, 0.15) is 5.82 Å². The zero-order valence-electron chi connectivity index (χ0n) is 11.9. The summed E-state index contributed by atoms with van der Waals surface area (Å²) < 4.78 is 0. The number of nitrogens with two attached hydrogens (primary N) is 2. The van der Waals surface area contributed by atoms with Crippen molar-refractivity contribution >= 4 is 22.4 Å². The minimum Gasteiger partial charge on any atom is -0.398 e. The summed E-state index contributed by atoms with van der Waals surface area (Å²) in [5.41, 5.74) is 19.6. The number of hydrogen-bond donors (Lipinski definition) is 3. The second kappa shape index (κ2) is 4.27. The van der Waals surface area contributed by atoms with Crippen LogP contribution in [0.3, 0.4) is 0 Å². The number of H-pyrrole nitrogens is 1. The van der Waals surface area contributed by atoms with Crippen LogP contribution < -0.4 is 11.5 Å². The molecule has 0 saturated carbocycles. The predicted molar refractivity (Wildman–Crippen MR) is 84.6 cm³/mol. The van der Waals surface area contributed by atoms with Gasteiger partial charge in [-0.1, -0.05) is 0 Å². The molecule has 1 aromatic heterocycles. The van der Waals surface area contributed by atoms with E-state index in [0.717, 1.165) is 28.0 Å². The Kier molecular flexibility index (Phi) is 2.67. The van der Waals surface area contributed by atoms with Crippen molar-refractivity contribution in [2.75, 3.05) is 11.5 Å². The first-order chi connectivity index (χ1) is 9.45. The SMILES string of the molecule is Cc1cc2nc(-c3cc(N)c(C)c(N)c3)[nH]c2cc1C. The van der Waals surface area contributed by atoms with Crippen LogP contribution in [0.25, 0.3) is 22.4 Å². The molecule has 0 unspecified atom stereocenters. The summed E-state index contributed by atoms with van der Waals surface area (Å²) in [5.74, 6) is 0.795. The van der Waals surface area contributed by atoms with Gasteiger partial charge < -0.3 is 16.5 Å². The number of hydrogen-bond acceptors (Lipinski definition) is 3. The number of nitrogen functional groups attached to an aromatic ring is 2. The molecule has 0 fully saturated rings. The van der Waals surface area contributed by atoms with Gasteiger partial charge in [0.25, 0.3) is 0 Å². The maximum Gasteiger partial charge on any atom is 0.138 e. The number of anilines is 2. The third kappa shape index (κ3) is 1.90. The number of aryl methyl sites for hydroxylation is 2. The lowest BCUT2D eigenvalue weighted by molar-refractivity contribution is 1.33. The molecule has 3 rings (SSSR count). The van der Waals surface area contributed by atoms with Gasteiger partial charge in [0.2, 0.25) is 0 Å². The van der Waals surface area contributed by atoms with E-state index < -0.39 is 0 Å². The second-order valence-corrected chi connectivity index (χ2v) is 5.32. The molecule has 1 heterocycles. The fourth-order valence-electron chi connectivity index (χ4n) is 2.30. The average molecular weight is 266 g/mol. The molecule has 0 atom stereocenters. The molecule has 0 saturated heterocycles. The molecule has 20 heavy (non-hydrogen) atoms. The Bertz CT molecular complexity index is 753.